The van der Waals surface area contributed by atoms with Crippen molar-refractivity contribution in [2.24, 2.45) is 5.73 Å². The number of aromatic nitrogens is 2. The van der Waals surface area contributed by atoms with Crippen LogP contribution in [-0.4, -0.2) is 16.2 Å². The van der Waals surface area contributed by atoms with Crippen LogP contribution in [0.25, 0.3) is 11.4 Å². The van der Waals surface area contributed by atoms with Crippen LogP contribution in [0, 0.1) is 17.5 Å². The highest BCUT2D eigenvalue weighted by Crippen LogP contribution is 2.24. The van der Waals surface area contributed by atoms with Crippen molar-refractivity contribution >= 4 is 0 Å². The SMILES string of the molecule is CC(N)C(C)c1nc(-c2cc(F)c(F)c(F)c2)no1. The summed E-state index contributed by atoms with van der Waals surface area (Å²) in [7, 11) is 0. The molecule has 0 aliphatic carbocycles. The Balaban J connectivity index is 2.38. The maximum absolute atomic E-state index is 13.1. The highest BCUT2D eigenvalue weighted by Gasteiger charge is 2.20. The predicted molar refractivity (Wildman–Crippen MR) is 61.7 cm³/mol. The van der Waals surface area contributed by atoms with Gasteiger partial charge in [-0.1, -0.05) is 12.1 Å². The van der Waals surface area contributed by atoms with Gasteiger partial charge in [-0.05, 0) is 19.1 Å². The van der Waals surface area contributed by atoms with Gasteiger partial charge in [-0.15, -0.1) is 0 Å². The average molecular weight is 271 g/mol. The molecule has 0 bridgehead atoms. The monoisotopic (exact) mass is 271 g/mol. The molecule has 4 nitrogen and oxygen atoms in total. The van der Waals surface area contributed by atoms with Crippen molar-refractivity contribution in [2.45, 2.75) is 25.8 Å². The minimum Gasteiger partial charge on any atom is -0.339 e. The van der Waals surface area contributed by atoms with Gasteiger partial charge < -0.3 is 10.3 Å². The fourth-order valence-corrected chi connectivity index (χ4v) is 1.45. The zero-order valence-corrected chi connectivity index (χ0v) is 10.3. The lowest BCUT2D eigenvalue weighted by Gasteiger charge is -2.09. The van der Waals surface area contributed by atoms with E-state index < -0.39 is 17.5 Å². The van der Waals surface area contributed by atoms with E-state index in [1.807, 2.05) is 0 Å². The summed E-state index contributed by atoms with van der Waals surface area (Å²) in [6, 6.07) is 1.41. The second kappa shape index (κ2) is 5.00. The molecule has 1 aromatic carbocycles. The van der Waals surface area contributed by atoms with Crippen molar-refractivity contribution < 1.29 is 17.7 Å². The first kappa shape index (κ1) is 13.5. The third kappa shape index (κ3) is 2.60. The summed E-state index contributed by atoms with van der Waals surface area (Å²) in [4.78, 5) is 4.00. The molecule has 0 aliphatic heterocycles. The molecule has 19 heavy (non-hydrogen) atoms. The predicted octanol–water partition coefficient (Wildman–Crippen LogP) is 2.60. The molecule has 2 N–H and O–H groups in total. The lowest BCUT2D eigenvalue weighted by Crippen LogP contribution is -2.22. The first-order valence-electron chi connectivity index (χ1n) is 5.64. The van der Waals surface area contributed by atoms with Crippen LogP contribution in [0.3, 0.4) is 0 Å². The summed E-state index contributed by atoms with van der Waals surface area (Å²) in [6.45, 7) is 3.56. The van der Waals surface area contributed by atoms with Gasteiger partial charge in [-0.25, -0.2) is 13.2 Å². The summed E-state index contributed by atoms with van der Waals surface area (Å²) in [6.07, 6.45) is 0. The van der Waals surface area contributed by atoms with Gasteiger partial charge in [0.05, 0.1) is 5.92 Å². The van der Waals surface area contributed by atoms with Gasteiger partial charge in [0.25, 0.3) is 0 Å². The van der Waals surface area contributed by atoms with E-state index in [4.69, 9.17) is 10.3 Å². The minimum absolute atomic E-state index is 0.00303. The largest absolute Gasteiger partial charge is 0.339 e. The Labute approximate surface area is 107 Å². The number of benzene rings is 1. The van der Waals surface area contributed by atoms with Crippen LogP contribution in [0.5, 0.6) is 0 Å². The van der Waals surface area contributed by atoms with Gasteiger partial charge in [0, 0.05) is 11.6 Å². The molecule has 2 aromatic rings. The van der Waals surface area contributed by atoms with E-state index >= 15 is 0 Å². The van der Waals surface area contributed by atoms with Gasteiger partial charge in [0.15, 0.2) is 17.5 Å². The molecule has 7 heteroatoms. The maximum atomic E-state index is 13.1. The Kier molecular flexibility index (Phi) is 3.57. The number of nitrogens with two attached hydrogens (primary N) is 1. The maximum Gasteiger partial charge on any atom is 0.231 e. The van der Waals surface area contributed by atoms with Crippen molar-refractivity contribution in [3.05, 3.63) is 35.5 Å². The van der Waals surface area contributed by atoms with E-state index in [1.54, 1.807) is 13.8 Å². The second-order valence-corrected chi connectivity index (χ2v) is 4.36. The quantitative estimate of drug-likeness (QED) is 0.871. The van der Waals surface area contributed by atoms with E-state index in [2.05, 4.69) is 10.1 Å². The Morgan fingerprint density at radius 2 is 1.74 bits per heavy atom. The number of halogens is 3. The van der Waals surface area contributed by atoms with Gasteiger partial charge in [0.2, 0.25) is 11.7 Å². The molecule has 0 saturated carbocycles. The smallest absolute Gasteiger partial charge is 0.231 e. The Bertz CT molecular complexity index is 575. The lowest BCUT2D eigenvalue weighted by molar-refractivity contribution is 0.346. The molecule has 0 radical (unpaired) electrons. The van der Waals surface area contributed by atoms with Gasteiger partial charge in [-0.2, -0.15) is 4.98 Å². The van der Waals surface area contributed by atoms with E-state index in [0.717, 1.165) is 12.1 Å². The van der Waals surface area contributed by atoms with E-state index in [0.29, 0.717) is 0 Å². The van der Waals surface area contributed by atoms with Crippen LogP contribution in [0.4, 0.5) is 13.2 Å². The van der Waals surface area contributed by atoms with Crippen LogP contribution in [0.1, 0.15) is 25.7 Å². The topological polar surface area (TPSA) is 64.9 Å². The molecule has 0 aliphatic rings. The van der Waals surface area contributed by atoms with Crippen LogP contribution in [0.2, 0.25) is 0 Å². The molecule has 0 amide bonds. The summed E-state index contributed by atoms with van der Waals surface area (Å²) >= 11 is 0. The fraction of sp³-hybridized carbons (Fsp3) is 0.333. The zero-order chi connectivity index (χ0) is 14.2. The molecule has 102 valence electrons. The standard InChI is InChI=1S/C12H12F3N3O/c1-5(6(2)16)12-17-11(18-19-12)7-3-8(13)10(15)9(14)4-7/h3-6H,16H2,1-2H3. The molecule has 1 aromatic heterocycles. The molecule has 0 spiro atoms. The molecule has 0 saturated heterocycles. The molecular weight excluding hydrogens is 259 g/mol. The van der Waals surface area contributed by atoms with Crippen molar-refractivity contribution in [1.29, 1.82) is 0 Å². The lowest BCUT2D eigenvalue weighted by atomic mass is 10.1. The molecule has 2 unspecified atom stereocenters. The van der Waals surface area contributed by atoms with Gasteiger partial charge in [0.1, 0.15) is 0 Å². The van der Waals surface area contributed by atoms with E-state index in [9.17, 15) is 13.2 Å². The van der Waals surface area contributed by atoms with Crippen molar-refractivity contribution in [2.75, 3.05) is 0 Å². The number of hydrogen-bond acceptors (Lipinski definition) is 4. The average Bonchev–Trinajstić information content (AvgIpc) is 2.83. The van der Waals surface area contributed by atoms with E-state index in [-0.39, 0.29) is 29.2 Å². The Hall–Kier alpha value is -1.89. The minimum atomic E-state index is -1.53. The van der Waals surface area contributed by atoms with Crippen LogP contribution >= 0.6 is 0 Å². The van der Waals surface area contributed by atoms with Crippen molar-refractivity contribution in [1.82, 2.24) is 10.1 Å². The molecule has 2 atom stereocenters. The highest BCUT2D eigenvalue weighted by atomic mass is 19.2. The van der Waals surface area contributed by atoms with Crippen LogP contribution in [-0.2, 0) is 0 Å². The third-order valence-corrected chi connectivity index (χ3v) is 2.86. The van der Waals surface area contributed by atoms with Gasteiger partial charge >= 0.3 is 0 Å². The number of nitrogens with zero attached hydrogens (tertiary/aromatic N) is 2. The molecule has 2 rings (SSSR count). The molecule has 0 fully saturated rings. The first-order valence-corrected chi connectivity index (χ1v) is 5.64. The summed E-state index contributed by atoms with van der Waals surface area (Å²) < 4.78 is 44.0. The van der Waals surface area contributed by atoms with Gasteiger partial charge in [-0.3, -0.25) is 0 Å². The zero-order valence-electron chi connectivity index (χ0n) is 10.3. The Morgan fingerprint density at radius 3 is 2.26 bits per heavy atom. The van der Waals surface area contributed by atoms with Crippen LogP contribution < -0.4 is 5.73 Å². The highest BCUT2D eigenvalue weighted by molar-refractivity contribution is 5.54. The van der Waals surface area contributed by atoms with Crippen molar-refractivity contribution in [3.8, 4) is 11.4 Å². The molecular formula is C12H12F3N3O. The summed E-state index contributed by atoms with van der Waals surface area (Å²) in [5, 5.41) is 3.60. The normalized spacial score (nSPS) is 14.4. The third-order valence-electron chi connectivity index (χ3n) is 2.86. The fourth-order valence-electron chi connectivity index (χ4n) is 1.45. The summed E-state index contributed by atoms with van der Waals surface area (Å²) in [5.74, 6) is -4.09. The first-order chi connectivity index (χ1) is 8.90. The summed E-state index contributed by atoms with van der Waals surface area (Å²) in [5.41, 5.74) is 5.69. The Morgan fingerprint density at radius 1 is 1.16 bits per heavy atom. The second-order valence-electron chi connectivity index (χ2n) is 4.36. The van der Waals surface area contributed by atoms with Crippen LogP contribution in [0.15, 0.2) is 16.7 Å². The number of hydrogen-bond donors (Lipinski definition) is 1. The number of rotatable bonds is 3. The molecule has 1 heterocycles. The van der Waals surface area contributed by atoms with Crippen molar-refractivity contribution in [3.63, 3.8) is 0 Å². The van der Waals surface area contributed by atoms with E-state index in [1.165, 1.54) is 0 Å².